The van der Waals surface area contributed by atoms with Crippen LogP contribution in [-0.4, -0.2) is 44.8 Å². The number of urea groups is 1. The summed E-state index contributed by atoms with van der Waals surface area (Å²) >= 11 is 1.91. The Morgan fingerprint density at radius 3 is 2.72 bits per heavy atom. The second kappa shape index (κ2) is 9.57. The van der Waals surface area contributed by atoms with Crippen LogP contribution in [0.25, 0.3) is 0 Å². The van der Waals surface area contributed by atoms with Gasteiger partial charge in [0, 0.05) is 23.5 Å². The topological polar surface area (TPSA) is 88.1 Å². The number of fused-ring (bicyclic) bond motifs is 1. The van der Waals surface area contributed by atoms with Gasteiger partial charge in [0.15, 0.2) is 0 Å². The largest absolute Gasteiger partial charge is 0.332 e. The van der Waals surface area contributed by atoms with Crippen LogP contribution >= 0.6 is 11.8 Å². The van der Waals surface area contributed by atoms with E-state index in [1.54, 1.807) is 6.20 Å². The van der Waals surface area contributed by atoms with E-state index < -0.39 is 0 Å². The number of amides is 3. The number of unbranched alkanes of at least 4 members (excludes halogenated alkanes) is 1. The molecule has 7 nitrogen and oxygen atoms in total. The number of carbonyl (C=O) groups is 2. The first-order chi connectivity index (χ1) is 15.3. The summed E-state index contributed by atoms with van der Waals surface area (Å²) < 4.78 is 1.83. The van der Waals surface area contributed by atoms with Crippen molar-refractivity contribution in [3.05, 3.63) is 47.7 Å². The maximum absolute atomic E-state index is 12.5. The van der Waals surface area contributed by atoms with Gasteiger partial charge in [0.1, 0.15) is 5.82 Å². The zero-order valence-electron chi connectivity index (χ0n) is 19.1. The molecule has 0 saturated carbocycles. The number of hydrogen-bond donors (Lipinski definition) is 3. The van der Waals surface area contributed by atoms with Crippen molar-refractivity contribution in [1.29, 1.82) is 0 Å². The summed E-state index contributed by atoms with van der Waals surface area (Å²) in [5.74, 6) is 1.71. The van der Waals surface area contributed by atoms with Gasteiger partial charge >= 0.3 is 6.03 Å². The van der Waals surface area contributed by atoms with Crippen LogP contribution in [0.3, 0.4) is 0 Å². The van der Waals surface area contributed by atoms with E-state index in [0.29, 0.717) is 18.2 Å². The molecule has 3 N–H and O–H groups in total. The molecule has 0 unspecified atom stereocenters. The third kappa shape index (κ3) is 5.46. The molecule has 172 valence electrons. The average Bonchev–Trinajstić information content (AvgIpc) is 3.42. The summed E-state index contributed by atoms with van der Waals surface area (Å²) in [7, 11) is 0. The zero-order valence-corrected chi connectivity index (χ0v) is 19.9. The summed E-state index contributed by atoms with van der Waals surface area (Å²) in [6, 6.07) is 10.9. The smallest absolute Gasteiger partial charge is 0.315 e. The molecule has 0 spiro atoms. The molecule has 3 amide bonds. The van der Waals surface area contributed by atoms with Crippen molar-refractivity contribution in [3.63, 3.8) is 0 Å². The van der Waals surface area contributed by atoms with E-state index in [9.17, 15) is 9.59 Å². The average molecular weight is 456 g/mol. The van der Waals surface area contributed by atoms with Crippen LogP contribution in [0.2, 0.25) is 0 Å². The first-order valence-corrected chi connectivity index (χ1v) is 12.4. The van der Waals surface area contributed by atoms with E-state index in [0.717, 1.165) is 36.4 Å². The van der Waals surface area contributed by atoms with Crippen molar-refractivity contribution < 1.29 is 9.59 Å². The third-order valence-corrected chi connectivity index (χ3v) is 7.73. The van der Waals surface area contributed by atoms with Crippen LogP contribution in [0.5, 0.6) is 0 Å². The lowest BCUT2D eigenvalue weighted by Gasteiger charge is -2.19. The number of benzene rings is 1. The van der Waals surface area contributed by atoms with E-state index in [-0.39, 0.29) is 29.4 Å². The highest BCUT2D eigenvalue weighted by molar-refractivity contribution is 8.00. The maximum Gasteiger partial charge on any atom is 0.315 e. The van der Waals surface area contributed by atoms with Crippen LogP contribution in [-0.2, 0) is 16.8 Å². The predicted octanol–water partition coefficient (Wildman–Crippen LogP) is 3.89. The molecular formula is C24H33N5O2S. The second-order valence-electron chi connectivity index (χ2n) is 9.74. The normalized spacial score (nSPS) is 22.3. The van der Waals surface area contributed by atoms with Gasteiger partial charge in [-0.2, -0.15) is 16.9 Å². The van der Waals surface area contributed by atoms with Crippen LogP contribution in [0.15, 0.2) is 36.5 Å². The molecular weight excluding hydrogens is 422 g/mol. The fourth-order valence-corrected chi connectivity index (χ4v) is 5.87. The highest BCUT2D eigenvalue weighted by Gasteiger charge is 2.42. The predicted molar refractivity (Wildman–Crippen MR) is 129 cm³/mol. The second-order valence-corrected chi connectivity index (χ2v) is 11.0. The van der Waals surface area contributed by atoms with Crippen LogP contribution < -0.4 is 16.0 Å². The van der Waals surface area contributed by atoms with Gasteiger partial charge in [0.2, 0.25) is 5.91 Å². The molecule has 2 saturated heterocycles. The van der Waals surface area contributed by atoms with Crippen LogP contribution in [0.4, 0.5) is 10.6 Å². The fraction of sp³-hybridized carbons (Fsp3) is 0.542. The van der Waals surface area contributed by atoms with Gasteiger partial charge in [-0.3, -0.25) is 4.79 Å². The Kier molecular flexibility index (Phi) is 6.79. The lowest BCUT2D eigenvalue weighted by Crippen LogP contribution is -2.36. The highest BCUT2D eigenvalue weighted by atomic mass is 32.2. The summed E-state index contributed by atoms with van der Waals surface area (Å²) in [5, 5.41) is 13.8. The molecule has 2 aromatic rings. The minimum atomic E-state index is -0.0496. The number of aromatic nitrogens is 2. The Morgan fingerprint density at radius 1 is 1.19 bits per heavy atom. The lowest BCUT2D eigenvalue weighted by molar-refractivity contribution is -0.116. The molecule has 32 heavy (non-hydrogen) atoms. The summed E-state index contributed by atoms with van der Waals surface area (Å²) in [5.41, 5.74) is 2.58. The van der Waals surface area contributed by atoms with Gasteiger partial charge < -0.3 is 16.0 Å². The van der Waals surface area contributed by atoms with Crippen molar-refractivity contribution in [1.82, 2.24) is 20.4 Å². The van der Waals surface area contributed by atoms with Crippen LogP contribution in [0, 0.1) is 0 Å². The van der Waals surface area contributed by atoms with Crippen LogP contribution in [0.1, 0.15) is 57.6 Å². The number of hydrogen-bond acceptors (Lipinski definition) is 4. The van der Waals surface area contributed by atoms with E-state index in [1.807, 2.05) is 22.5 Å². The number of thioether (sulfide) groups is 1. The van der Waals surface area contributed by atoms with Crippen molar-refractivity contribution >= 4 is 29.5 Å². The Hall–Kier alpha value is -2.48. The number of rotatable bonds is 8. The van der Waals surface area contributed by atoms with E-state index in [4.69, 9.17) is 0 Å². The van der Waals surface area contributed by atoms with Crippen molar-refractivity contribution in [2.45, 2.75) is 75.7 Å². The quantitative estimate of drug-likeness (QED) is 0.416. The molecule has 2 fully saturated rings. The Balaban J connectivity index is 1.22. The maximum atomic E-state index is 12.5. The molecule has 3 heterocycles. The number of nitrogens with zero attached hydrogens (tertiary/aromatic N) is 2. The number of nitrogens with one attached hydrogen (secondary N) is 3. The zero-order chi connectivity index (χ0) is 22.7. The third-order valence-electron chi connectivity index (χ3n) is 6.22. The fourth-order valence-electron chi connectivity index (χ4n) is 4.33. The molecule has 2 aliphatic rings. The van der Waals surface area contributed by atoms with Gasteiger partial charge in [-0.15, -0.1) is 0 Å². The summed E-state index contributed by atoms with van der Waals surface area (Å²) in [4.78, 5) is 23.9. The first kappa shape index (κ1) is 22.7. The summed E-state index contributed by atoms with van der Waals surface area (Å²) in [6.45, 7) is 7.23. The molecule has 1 aromatic carbocycles. The van der Waals surface area contributed by atoms with Gasteiger partial charge in [-0.1, -0.05) is 51.5 Å². The minimum absolute atomic E-state index is 0.0163. The molecule has 2 aliphatic heterocycles. The SMILES string of the molecule is CC(C)(C)c1ccc(Cn2nccc2NC(=O)CCCC[C@@H]2SC[C@@H]3NC(=O)N[C@@H]32)cc1. The van der Waals surface area contributed by atoms with Crippen molar-refractivity contribution in [2.75, 3.05) is 11.1 Å². The molecule has 0 aliphatic carbocycles. The molecule has 0 bridgehead atoms. The number of anilines is 1. The van der Waals surface area contributed by atoms with Gasteiger partial charge in [-0.25, -0.2) is 9.48 Å². The molecule has 4 rings (SSSR count). The first-order valence-electron chi connectivity index (χ1n) is 11.4. The van der Waals surface area contributed by atoms with Gasteiger partial charge in [-0.05, 0) is 29.4 Å². The molecule has 3 atom stereocenters. The molecule has 8 heteroatoms. The lowest BCUT2D eigenvalue weighted by atomic mass is 9.87. The minimum Gasteiger partial charge on any atom is -0.332 e. The van der Waals surface area contributed by atoms with Gasteiger partial charge in [0.25, 0.3) is 0 Å². The van der Waals surface area contributed by atoms with E-state index >= 15 is 0 Å². The van der Waals surface area contributed by atoms with Gasteiger partial charge in [0.05, 0.1) is 24.8 Å². The monoisotopic (exact) mass is 455 g/mol. The molecule has 1 aromatic heterocycles. The number of carbonyl (C=O) groups excluding carboxylic acids is 2. The summed E-state index contributed by atoms with van der Waals surface area (Å²) in [6.07, 6.45) is 5.04. The molecule has 0 radical (unpaired) electrons. The Labute approximate surface area is 194 Å². The van der Waals surface area contributed by atoms with E-state index in [2.05, 4.69) is 66.1 Å². The van der Waals surface area contributed by atoms with Crippen molar-refractivity contribution in [2.24, 2.45) is 0 Å². The Bertz CT molecular complexity index is 950. The standard InChI is InChI=1S/C24H33N5O2S/c1-24(2,3)17-10-8-16(9-11-17)14-29-20(12-13-25-29)27-21(30)7-5-4-6-19-22-18(15-32-19)26-23(31)28-22/h8-13,18-19,22H,4-7,14-15H2,1-3H3,(H,27,30)(H2,26,28,31)/t18-,19-,22-/m0/s1. The van der Waals surface area contributed by atoms with E-state index in [1.165, 1.54) is 5.56 Å². The highest BCUT2D eigenvalue weighted by Crippen LogP contribution is 2.33. The Morgan fingerprint density at radius 2 is 1.97 bits per heavy atom. The van der Waals surface area contributed by atoms with Crippen molar-refractivity contribution in [3.8, 4) is 0 Å².